The topological polar surface area (TPSA) is 89.6 Å². The first-order chi connectivity index (χ1) is 7.54. The Morgan fingerprint density at radius 1 is 1.44 bits per heavy atom. The number of hydrogen-bond acceptors (Lipinski definition) is 3. The molecule has 0 bridgehead atoms. The third kappa shape index (κ3) is 2.84. The molecule has 0 aliphatic rings. The fourth-order valence-corrected chi connectivity index (χ4v) is 1.16. The van der Waals surface area contributed by atoms with Crippen molar-refractivity contribution < 1.29 is 19.4 Å². The smallest absolute Gasteiger partial charge is 0.336 e. The summed E-state index contributed by atoms with van der Waals surface area (Å²) in [4.78, 5) is 21.5. The quantitative estimate of drug-likeness (QED) is 0.739. The van der Waals surface area contributed by atoms with Crippen LogP contribution in [-0.4, -0.2) is 24.1 Å². The van der Waals surface area contributed by atoms with Crippen LogP contribution in [0.5, 0.6) is 5.75 Å². The molecule has 0 aliphatic heterocycles. The molecule has 5 nitrogen and oxygen atoms in total. The van der Waals surface area contributed by atoms with Gasteiger partial charge in [0.25, 0.3) is 0 Å². The van der Waals surface area contributed by atoms with Gasteiger partial charge >= 0.3 is 5.97 Å². The normalized spacial score (nSPS) is 10.3. The number of primary amides is 1. The fourth-order valence-electron chi connectivity index (χ4n) is 1.16. The number of nitrogens with two attached hydrogens (primary N) is 1. The van der Waals surface area contributed by atoms with E-state index in [-0.39, 0.29) is 5.56 Å². The molecule has 0 aliphatic carbocycles. The van der Waals surface area contributed by atoms with Crippen molar-refractivity contribution >= 4 is 18.0 Å². The molecule has 0 spiro atoms. The number of carboxylic acid groups (broad SMARTS) is 1. The molecule has 84 valence electrons. The molecule has 0 radical (unpaired) electrons. The van der Waals surface area contributed by atoms with Crippen molar-refractivity contribution in [2.24, 2.45) is 5.73 Å². The van der Waals surface area contributed by atoms with Crippen molar-refractivity contribution in [3.63, 3.8) is 0 Å². The van der Waals surface area contributed by atoms with Crippen molar-refractivity contribution in [2.45, 2.75) is 0 Å². The number of carboxylic acids is 1. The zero-order valence-electron chi connectivity index (χ0n) is 8.64. The fraction of sp³-hybridized carbons (Fsp3) is 0.0909. The Bertz CT molecular complexity index is 451. The average molecular weight is 221 g/mol. The second kappa shape index (κ2) is 4.97. The lowest BCUT2D eigenvalue weighted by Gasteiger charge is -2.04. The van der Waals surface area contributed by atoms with Crippen molar-refractivity contribution in [1.82, 2.24) is 0 Å². The number of aromatic carboxylic acids is 1. The van der Waals surface area contributed by atoms with E-state index in [1.54, 1.807) is 12.1 Å². The molecule has 0 aromatic heterocycles. The first kappa shape index (κ1) is 11.8. The molecular weight excluding hydrogens is 210 g/mol. The van der Waals surface area contributed by atoms with Gasteiger partial charge < -0.3 is 15.6 Å². The van der Waals surface area contributed by atoms with Crippen LogP contribution in [0.4, 0.5) is 0 Å². The molecule has 1 aromatic rings. The number of carbonyl (C=O) groups is 2. The Kier molecular flexibility index (Phi) is 3.66. The second-order valence-electron chi connectivity index (χ2n) is 2.99. The molecule has 16 heavy (non-hydrogen) atoms. The Balaban J connectivity index is 3.18. The molecule has 0 atom stereocenters. The summed E-state index contributed by atoms with van der Waals surface area (Å²) in [5.41, 5.74) is 5.37. The number of ether oxygens (including phenoxy) is 1. The Labute approximate surface area is 92.1 Å². The number of amides is 1. The maximum absolute atomic E-state index is 10.9. The average Bonchev–Trinajstić information content (AvgIpc) is 2.25. The summed E-state index contributed by atoms with van der Waals surface area (Å²) in [7, 11) is 1.44. The molecule has 1 aromatic carbocycles. The summed E-state index contributed by atoms with van der Waals surface area (Å²) in [6.45, 7) is 0. The van der Waals surface area contributed by atoms with Gasteiger partial charge in [0.15, 0.2) is 0 Å². The van der Waals surface area contributed by atoms with E-state index in [0.717, 1.165) is 6.08 Å². The standard InChI is InChI=1S/C11H11NO4/c1-16-8-4-2-7(3-5-10(12)13)9(6-8)11(14)15/h2-6H,1H3,(H2,12,13)(H,14,15)/b5-3+. The maximum Gasteiger partial charge on any atom is 0.336 e. The molecule has 0 saturated carbocycles. The van der Waals surface area contributed by atoms with E-state index in [1.807, 2.05) is 0 Å². The third-order valence-corrected chi connectivity index (χ3v) is 1.92. The van der Waals surface area contributed by atoms with Gasteiger partial charge in [-0.2, -0.15) is 0 Å². The van der Waals surface area contributed by atoms with Gasteiger partial charge in [-0.15, -0.1) is 0 Å². The Morgan fingerprint density at radius 3 is 2.62 bits per heavy atom. The Morgan fingerprint density at radius 2 is 2.12 bits per heavy atom. The predicted octanol–water partition coefficient (Wildman–Crippen LogP) is 0.892. The van der Waals surface area contributed by atoms with Gasteiger partial charge in [-0.05, 0) is 23.8 Å². The molecule has 0 fully saturated rings. The van der Waals surface area contributed by atoms with E-state index in [4.69, 9.17) is 15.6 Å². The predicted molar refractivity (Wildman–Crippen MR) is 58.2 cm³/mol. The third-order valence-electron chi connectivity index (χ3n) is 1.92. The van der Waals surface area contributed by atoms with Crippen LogP contribution >= 0.6 is 0 Å². The molecule has 3 N–H and O–H groups in total. The van der Waals surface area contributed by atoms with Crippen LogP contribution < -0.4 is 10.5 Å². The van der Waals surface area contributed by atoms with Crippen LogP contribution in [0.15, 0.2) is 24.3 Å². The minimum atomic E-state index is -1.09. The lowest BCUT2D eigenvalue weighted by molar-refractivity contribution is -0.113. The number of benzene rings is 1. The molecule has 1 rings (SSSR count). The molecule has 0 saturated heterocycles. The molecule has 1 amide bonds. The van der Waals surface area contributed by atoms with Crippen molar-refractivity contribution in [1.29, 1.82) is 0 Å². The van der Waals surface area contributed by atoms with E-state index >= 15 is 0 Å². The van der Waals surface area contributed by atoms with E-state index in [2.05, 4.69) is 0 Å². The van der Waals surface area contributed by atoms with Crippen LogP contribution in [-0.2, 0) is 4.79 Å². The summed E-state index contributed by atoms with van der Waals surface area (Å²) in [6.07, 6.45) is 2.46. The SMILES string of the molecule is COc1ccc(/C=C/C(N)=O)c(C(=O)O)c1. The summed E-state index contributed by atoms with van der Waals surface area (Å²) in [5, 5.41) is 8.95. The second-order valence-corrected chi connectivity index (χ2v) is 2.99. The molecule has 0 heterocycles. The van der Waals surface area contributed by atoms with Crippen LogP contribution in [0.25, 0.3) is 6.08 Å². The van der Waals surface area contributed by atoms with Gasteiger partial charge in [0.2, 0.25) is 5.91 Å². The summed E-state index contributed by atoms with van der Waals surface area (Å²) in [5.74, 6) is -1.29. The first-order valence-electron chi connectivity index (χ1n) is 4.43. The highest BCUT2D eigenvalue weighted by Gasteiger charge is 2.09. The van der Waals surface area contributed by atoms with Gasteiger partial charge in [0.1, 0.15) is 5.75 Å². The van der Waals surface area contributed by atoms with Gasteiger partial charge in [0, 0.05) is 6.08 Å². The van der Waals surface area contributed by atoms with E-state index in [1.165, 1.54) is 19.3 Å². The summed E-state index contributed by atoms with van der Waals surface area (Å²) >= 11 is 0. The highest BCUT2D eigenvalue weighted by atomic mass is 16.5. The van der Waals surface area contributed by atoms with Gasteiger partial charge in [-0.1, -0.05) is 6.07 Å². The summed E-state index contributed by atoms with van der Waals surface area (Å²) < 4.78 is 4.91. The van der Waals surface area contributed by atoms with Crippen molar-refractivity contribution in [3.8, 4) is 5.75 Å². The van der Waals surface area contributed by atoms with Gasteiger partial charge in [-0.3, -0.25) is 4.79 Å². The Hall–Kier alpha value is -2.30. The number of methoxy groups -OCH3 is 1. The van der Waals surface area contributed by atoms with Gasteiger partial charge in [-0.25, -0.2) is 4.79 Å². The zero-order valence-corrected chi connectivity index (χ0v) is 8.64. The summed E-state index contributed by atoms with van der Waals surface area (Å²) in [6, 6.07) is 4.53. The van der Waals surface area contributed by atoms with Crippen LogP contribution in [0, 0.1) is 0 Å². The van der Waals surface area contributed by atoms with Crippen molar-refractivity contribution in [3.05, 3.63) is 35.4 Å². The highest BCUT2D eigenvalue weighted by Crippen LogP contribution is 2.18. The largest absolute Gasteiger partial charge is 0.497 e. The van der Waals surface area contributed by atoms with E-state index in [0.29, 0.717) is 11.3 Å². The van der Waals surface area contributed by atoms with E-state index < -0.39 is 11.9 Å². The monoisotopic (exact) mass is 221 g/mol. The van der Waals surface area contributed by atoms with E-state index in [9.17, 15) is 9.59 Å². The lowest BCUT2D eigenvalue weighted by Crippen LogP contribution is -2.06. The van der Waals surface area contributed by atoms with Crippen LogP contribution in [0.2, 0.25) is 0 Å². The van der Waals surface area contributed by atoms with Crippen LogP contribution in [0.1, 0.15) is 15.9 Å². The number of carbonyl (C=O) groups excluding carboxylic acids is 1. The first-order valence-corrected chi connectivity index (χ1v) is 4.43. The minimum absolute atomic E-state index is 0.0526. The zero-order chi connectivity index (χ0) is 12.1. The molecule has 0 unspecified atom stereocenters. The number of rotatable bonds is 4. The maximum atomic E-state index is 10.9. The molecular formula is C11H11NO4. The highest BCUT2D eigenvalue weighted by molar-refractivity contribution is 5.96. The van der Waals surface area contributed by atoms with Gasteiger partial charge in [0.05, 0.1) is 12.7 Å². The van der Waals surface area contributed by atoms with Crippen LogP contribution in [0.3, 0.4) is 0 Å². The minimum Gasteiger partial charge on any atom is -0.497 e. The lowest BCUT2D eigenvalue weighted by atomic mass is 10.1. The number of hydrogen-bond donors (Lipinski definition) is 2. The molecule has 5 heteroatoms. The van der Waals surface area contributed by atoms with Crippen molar-refractivity contribution in [2.75, 3.05) is 7.11 Å².